The number of H-pyrrole nitrogens is 1. The Bertz CT molecular complexity index is 581. The van der Waals surface area contributed by atoms with Crippen LogP contribution in [0.5, 0.6) is 11.5 Å². The van der Waals surface area contributed by atoms with Crippen LogP contribution >= 0.6 is 0 Å². The molecule has 1 unspecified atom stereocenters. The quantitative estimate of drug-likeness (QED) is 0.779. The third kappa shape index (κ3) is 2.90. The van der Waals surface area contributed by atoms with Crippen LogP contribution in [0.15, 0.2) is 30.6 Å². The number of carbonyl (C=O) groups is 1. The first-order valence-corrected chi connectivity index (χ1v) is 6.32. The summed E-state index contributed by atoms with van der Waals surface area (Å²) >= 11 is 0. The van der Waals surface area contributed by atoms with Crippen molar-refractivity contribution in [3.63, 3.8) is 0 Å². The van der Waals surface area contributed by atoms with Crippen molar-refractivity contribution < 1.29 is 14.6 Å². The molecule has 0 radical (unpaired) electrons. The van der Waals surface area contributed by atoms with Crippen LogP contribution < -0.4 is 10.1 Å². The average molecular weight is 275 g/mol. The van der Waals surface area contributed by atoms with Gasteiger partial charge in [-0.05, 0) is 24.6 Å². The van der Waals surface area contributed by atoms with Gasteiger partial charge in [0.15, 0.2) is 11.5 Å². The molecular weight excluding hydrogens is 258 g/mol. The number of aromatic nitrogens is 2. The number of aromatic hydroxyl groups is 1. The van der Waals surface area contributed by atoms with Gasteiger partial charge in [-0.2, -0.15) is 0 Å². The minimum absolute atomic E-state index is 0.0637. The van der Waals surface area contributed by atoms with Gasteiger partial charge >= 0.3 is 0 Å². The van der Waals surface area contributed by atoms with Crippen LogP contribution in [-0.4, -0.2) is 28.1 Å². The summed E-state index contributed by atoms with van der Waals surface area (Å²) in [5, 5.41) is 12.6. The minimum atomic E-state index is -0.272. The van der Waals surface area contributed by atoms with Gasteiger partial charge in [-0.25, -0.2) is 4.98 Å². The number of hydrogen-bond donors (Lipinski definition) is 3. The molecule has 0 saturated carbocycles. The Hall–Kier alpha value is -2.50. The maximum absolute atomic E-state index is 12.2. The molecule has 1 aromatic carbocycles. The fraction of sp³-hybridized carbons (Fsp3) is 0.286. The Morgan fingerprint density at radius 3 is 2.90 bits per heavy atom. The summed E-state index contributed by atoms with van der Waals surface area (Å²) in [4.78, 5) is 19.3. The van der Waals surface area contributed by atoms with Gasteiger partial charge < -0.3 is 20.1 Å². The molecule has 0 spiro atoms. The predicted octanol–water partition coefficient (Wildman–Crippen LogP) is 2.00. The first-order valence-electron chi connectivity index (χ1n) is 6.32. The summed E-state index contributed by atoms with van der Waals surface area (Å²) in [6, 6.07) is 4.34. The average Bonchev–Trinajstić information content (AvgIpc) is 2.98. The number of phenolic OH excluding ortho intramolecular Hbond substituents is 1. The maximum Gasteiger partial charge on any atom is 0.252 e. The second-order valence-corrected chi connectivity index (χ2v) is 4.30. The molecule has 0 aliphatic rings. The van der Waals surface area contributed by atoms with Crippen molar-refractivity contribution in [1.82, 2.24) is 15.3 Å². The molecule has 0 fully saturated rings. The molecule has 106 valence electrons. The predicted molar refractivity (Wildman–Crippen MR) is 73.7 cm³/mol. The van der Waals surface area contributed by atoms with Crippen LogP contribution in [0.4, 0.5) is 0 Å². The van der Waals surface area contributed by atoms with Crippen LogP contribution in [0.2, 0.25) is 0 Å². The molecule has 1 aromatic heterocycles. The topological polar surface area (TPSA) is 87.2 Å². The van der Waals surface area contributed by atoms with Crippen LogP contribution in [-0.2, 0) is 0 Å². The van der Waals surface area contributed by atoms with E-state index in [4.69, 9.17) is 4.74 Å². The molecule has 1 heterocycles. The number of amides is 1. The van der Waals surface area contributed by atoms with Gasteiger partial charge in [-0.15, -0.1) is 0 Å². The monoisotopic (exact) mass is 275 g/mol. The fourth-order valence-corrected chi connectivity index (χ4v) is 1.90. The second-order valence-electron chi connectivity index (χ2n) is 4.30. The Balaban J connectivity index is 2.13. The number of phenols is 1. The molecular formula is C14H17N3O3. The van der Waals surface area contributed by atoms with E-state index in [9.17, 15) is 9.90 Å². The van der Waals surface area contributed by atoms with Crippen molar-refractivity contribution in [2.24, 2.45) is 0 Å². The van der Waals surface area contributed by atoms with E-state index in [2.05, 4.69) is 15.3 Å². The zero-order valence-corrected chi connectivity index (χ0v) is 11.4. The van der Waals surface area contributed by atoms with E-state index >= 15 is 0 Å². The van der Waals surface area contributed by atoms with Gasteiger partial charge in [-0.1, -0.05) is 6.92 Å². The van der Waals surface area contributed by atoms with Gasteiger partial charge in [0, 0.05) is 18.0 Å². The van der Waals surface area contributed by atoms with E-state index in [1.54, 1.807) is 24.5 Å². The SMILES string of the molecule is CCC(NC(=O)c1ccc(OC)c(O)c1)c1ncc[nH]1. The van der Waals surface area contributed by atoms with Gasteiger partial charge in [0.05, 0.1) is 13.2 Å². The molecule has 2 aromatic rings. The molecule has 0 aliphatic heterocycles. The number of hydrogen-bond acceptors (Lipinski definition) is 4. The lowest BCUT2D eigenvalue weighted by atomic mass is 10.1. The maximum atomic E-state index is 12.2. The van der Waals surface area contributed by atoms with E-state index in [1.165, 1.54) is 13.2 Å². The number of rotatable bonds is 5. The summed E-state index contributed by atoms with van der Waals surface area (Å²) in [6.45, 7) is 1.96. The molecule has 6 heteroatoms. The lowest BCUT2D eigenvalue weighted by Gasteiger charge is -2.15. The number of benzene rings is 1. The number of imidazole rings is 1. The first kappa shape index (κ1) is 13.9. The molecule has 6 nitrogen and oxygen atoms in total. The minimum Gasteiger partial charge on any atom is -0.504 e. The summed E-state index contributed by atoms with van der Waals surface area (Å²) in [5.74, 6) is 0.704. The standard InChI is InChI=1S/C14H17N3O3/c1-3-10(13-15-6-7-16-13)17-14(19)9-4-5-12(20-2)11(18)8-9/h4-8,10,18H,3H2,1-2H3,(H,15,16)(H,17,19). The zero-order valence-electron chi connectivity index (χ0n) is 11.4. The smallest absolute Gasteiger partial charge is 0.252 e. The van der Waals surface area contributed by atoms with Crippen molar-refractivity contribution in [3.05, 3.63) is 42.0 Å². The third-order valence-corrected chi connectivity index (χ3v) is 3.00. The van der Waals surface area contributed by atoms with Gasteiger partial charge in [0.1, 0.15) is 5.82 Å². The van der Waals surface area contributed by atoms with Crippen LogP contribution in [0.25, 0.3) is 0 Å². The van der Waals surface area contributed by atoms with Crippen molar-refractivity contribution in [2.75, 3.05) is 7.11 Å². The third-order valence-electron chi connectivity index (χ3n) is 3.00. The van der Waals surface area contributed by atoms with Crippen molar-refractivity contribution in [3.8, 4) is 11.5 Å². The van der Waals surface area contributed by atoms with Gasteiger partial charge in [-0.3, -0.25) is 4.79 Å². The highest BCUT2D eigenvalue weighted by atomic mass is 16.5. The first-order chi connectivity index (χ1) is 9.65. The number of aromatic amines is 1. The summed E-state index contributed by atoms with van der Waals surface area (Å²) < 4.78 is 4.94. The second kappa shape index (κ2) is 6.10. The lowest BCUT2D eigenvalue weighted by Crippen LogP contribution is -2.28. The van der Waals surface area contributed by atoms with Crippen LogP contribution in [0.3, 0.4) is 0 Å². The number of nitrogens with one attached hydrogen (secondary N) is 2. The van der Waals surface area contributed by atoms with E-state index < -0.39 is 0 Å². The normalized spacial score (nSPS) is 11.9. The Morgan fingerprint density at radius 1 is 1.55 bits per heavy atom. The van der Waals surface area contributed by atoms with E-state index in [-0.39, 0.29) is 17.7 Å². The molecule has 2 rings (SSSR count). The number of carbonyl (C=O) groups excluding carboxylic acids is 1. The number of ether oxygens (including phenoxy) is 1. The molecule has 0 aliphatic carbocycles. The Kier molecular flexibility index (Phi) is 4.24. The Morgan fingerprint density at radius 2 is 2.35 bits per heavy atom. The molecule has 3 N–H and O–H groups in total. The summed E-state index contributed by atoms with van der Waals surface area (Å²) in [7, 11) is 1.46. The highest BCUT2D eigenvalue weighted by Crippen LogP contribution is 2.26. The van der Waals surface area contributed by atoms with Crippen molar-refractivity contribution in [1.29, 1.82) is 0 Å². The van der Waals surface area contributed by atoms with E-state index in [1.807, 2.05) is 6.92 Å². The largest absolute Gasteiger partial charge is 0.504 e. The van der Waals surface area contributed by atoms with Crippen molar-refractivity contribution in [2.45, 2.75) is 19.4 Å². The van der Waals surface area contributed by atoms with E-state index in [0.29, 0.717) is 23.6 Å². The molecule has 1 atom stereocenters. The van der Waals surface area contributed by atoms with Crippen molar-refractivity contribution >= 4 is 5.91 Å². The Labute approximate surface area is 116 Å². The fourth-order valence-electron chi connectivity index (χ4n) is 1.90. The highest BCUT2D eigenvalue weighted by molar-refractivity contribution is 5.95. The van der Waals surface area contributed by atoms with E-state index in [0.717, 1.165) is 0 Å². The molecule has 0 bridgehead atoms. The lowest BCUT2D eigenvalue weighted by molar-refractivity contribution is 0.0933. The summed E-state index contributed by atoms with van der Waals surface area (Å²) in [6.07, 6.45) is 4.06. The van der Waals surface area contributed by atoms with Gasteiger partial charge in [0.25, 0.3) is 5.91 Å². The summed E-state index contributed by atoms with van der Waals surface area (Å²) in [5.41, 5.74) is 0.369. The zero-order chi connectivity index (χ0) is 14.5. The van der Waals surface area contributed by atoms with Gasteiger partial charge in [0.2, 0.25) is 0 Å². The number of nitrogens with zero attached hydrogens (tertiary/aromatic N) is 1. The van der Waals surface area contributed by atoms with Crippen LogP contribution in [0.1, 0.15) is 35.6 Å². The van der Waals surface area contributed by atoms with Crippen LogP contribution in [0, 0.1) is 0 Å². The molecule has 0 saturated heterocycles. The molecule has 1 amide bonds. The number of methoxy groups -OCH3 is 1. The molecule has 20 heavy (non-hydrogen) atoms. The highest BCUT2D eigenvalue weighted by Gasteiger charge is 2.16.